The maximum Gasteiger partial charge on any atom is 0.330 e. The zero-order chi connectivity index (χ0) is 12.2. The van der Waals surface area contributed by atoms with Crippen LogP contribution >= 0.6 is 0 Å². The Morgan fingerprint density at radius 1 is 1.38 bits per heavy atom. The molecule has 0 rings (SSSR count). The van der Waals surface area contributed by atoms with Crippen molar-refractivity contribution in [3.63, 3.8) is 0 Å². The van der Waals surface area contributed by atoms with Crippen molar-refractivity contribution in [2.24, 2.45) is 0 Å². The second kappa shape index (κ2) is 10.9. The van der Waals surface area contributed by atoms with Crippen LogP contribution in [-0.4, -0.2) is 42.2 Å². The fraction of sp³-hybridized carbons (Fsp3) is 0.727. The Bertz CT molecular complexity index is 202. The number of allylic oxidation sites excluding steroid dienone is 1. The zero-order valence-corrected chi connectivity index (χ0v) is 11.8. The standard InChI is InChI=1S/C11H22O4Si/c1-4-5-7-10(12)15-8-6-9-16-11(13-2)14-3/h5,7,11H,4,6,8-9,16H2,1-3H3. The van der Waals surface area contributed by atoms with Crippen molar-refractivity contribution in [3.05, 3.63) is 12.2 Å². The van der Waals surface area contributed by atoms with Crippen LogP contribution in [0.5, 0.6) is 0 Å². The minimum Gasteiger partial charge on any atom is -0.463 e. The summed E-state index contributed by atoms with van der Waals surface area (Å²) in [6.45, 7) is 2.46. The highest BCUT2D eigenvalue weighted by Crippen LogP contribution is 1.97. The van der Waals surface area contributed by atoms with Crippen LogP contribution in [0.15, 0.2) is 12.2 Å². The van der Waals surface area contributed by atoms with Crippen molar-refractivity contribution in [2.75, 3.05) is 20.8 Å². The van der Waals surface area contributed by atoms with Gasteiger partial charge in [-0.25, -0.2) is 4.79 Å². The molecule has 0 fully saturated rings. The molecule has 16 heavy (non-hydrogen) atoms. The lowest BCUT2D eigenvalue weighted by atomic mass is 10.4. The highest BCUT2D eigenvalue weighted by atomic mass is 28.2. The van der Waals surface area contributed by atoms with E-state index in [0.29, 0.717) is 6.61 Å². The number of hydrogen-bond acceptors (Lipinski definition) is 4. The van der Waals surface area contributed by atoms with Crippen LogP contribution in [0.2, 0.25) is 6.04 Å². The molecule has 0 bridgehead atoms. The van der Waals surface area contributed by atoms with Crippen molar-refractivity contribution in [2.45, 2.75) is 31.7 Å². The van der Waals surface area contributed by atoms with Crippen LogP contribution in [0.25, 0.3) is 0 Å². The molecule has 0 radical (unpaired) electrons. The fourth-order valence-corrected chi connectivity index (χ4v) is 2.48. The molecule has 0 N–H and O–H groups in total. The Morgan fingerprint density at radius 3 is 2.62 bits per heavy atom. The normalized spacial score (nSPS) is 12.0. The molecule has 0 heterocycles. The van der Waals surface area contributed by atoms with Gasteiger partial charge in [-0.1, -0.05) is 19.0 Å². The molecule has 4 nitrogen and oxygen atoms in total. The van der Waals surface area contributed by atoms with E-state index >= 15 is 0 Å². The topological polar surface area (TPSA) is 44.8 Å². The molecule has 94 valence electrons. The predicted molar refractivity (Wildman–Crippen MR) is 66.2 cm³/mol. The van der Waals surface area contributed by atoms with Gasteiger partial charge in [0, 0.05) is 20.3 Å². The number of rotatable bonds is 9. The number of methoxy groups -OCH3 is 2. The molecular weight excluding hydrogens is 224 g/mol. The third-order valence-electron chi connectivity index (χ3n) is 2.09. The monoisotopic (exact) mass is 246 g/mol. The summed E-state index contributed by atoms with van der Waals surface area (Å²) in [4.78, 5) is 11.1. The molecular formula is C11H22O4Si. The summed E-state index contributed by atoms with van der Waals surface area (Å²) in [6.07, 6.45) is 5.01. The third kappa shape index (κ3) is 8.64. The van der Waals surface area contributed by atoms with Gasteiger partial charge in [-0.15, -0.1) is 0 Å². The van der Waals surface area contributed by atoms with Crippen LogP contribution in [-0.2, 0) is 19.0 Å². The van der Waals surface area contributed by atoms with E-state index in [2.05, 4.69) is 0 Å². The van der Waals surface area contributed by atoms with E-state index in [4.69, 9.17) is 14.2 Å². The van der Waals surface area contributed by atoms with Gasteiger partial charge in [0.25, 0.3) is 0 Å². The molecule has 0 aliphatic rings. The van der Waals surface area contributed by atoms with Crippen LogP contribution in [0.3, 0.4) is 0 Å². The summed E-state index contributed by atoms with van der Waals surface area (Å²) in [6, 6.07) is 1.05. The molecule has 5 heteroatoms. The summed E-state index contributed by atoms with van der Waals surface area (Å²) in [7, 11) is 2.91. The summed E-state index contributed by atoms with van der Waals surface area (Å²) >= 11 is 0. The van der Waals surface area contributed by atoms with Gasteiger partial charge in [-0.05, 0) is 12.8 Å². The number of ether oxygens (including phenoxy) is 3. The first-order chi connectivity index (χ1) is 7.74. The van der Waals surface area contributed by atoms with Crippen molar-refractivity contribution < 1.29 is 19.0 Å². The number of carbonyl (C=O) groups excluding carboxylic acids is 1. The molecule has 0 amide bonds. The third-order valence-corrected chi connectivity index (χ3v) is 4.14. The van der Waals surface area contributed by atoms with Gasteiger partial charge in [-0.3, -0.25) is 0 Å². The Hall–Kier alpha value is -0.653. The van der Waals surface area contributed by atoms with E-state index in [-0.39, 0.29) is 21.4 Å². The number of hydrogen-bond donors (Lipinski definition) is 0. The highest BCUT2D eigenvalue weighted by molar-refractivity contribution is 6.36. The molecule has 0 aromatic heterocycles. The van der Waals surface area contributed by atoms with E-state index in [1.165, 1.54) is 6.08 Å². The van der Waals surface area contributed by atoms with E-state index < -0.39 is 0 Å². The van der Waals surface area contributed by atoms with Gasteiger partial charge >= 0.3 is 5.97 Å². The van der Waals surface area contributed by atoms with Crippen molar-refractivity contribution in [3.8, 4) is 0 Å². The smallest absolute Gasteiger partial charge is 0.330 e. The second-order valence-electron chi connectivity index (χ2n) is 3.37. The highest BCUT2D eigenvalue weighted by Gasteiger charge is 2.05. The maximum absolute atomic E-state index is 11.1. The first kappa shape index (κ1) is 15.3. The summed E-state index contributed by atoms with van der Waals surface area (Å²) in [5.41, 5.74) is 0. The first-order valence-corrected chi connectivity index (χ1v) is 7.45. The molecule has 0 spiro atoms. The van der Waals surface area contributed by atoms with Crippen molar-refractivity contribution in [1.29, 1.82) is 0 Å². The average Bonchev–Trinajstić information content (AvgIpc) is 2.31. The second-order valence-corrected chi connectivity index (χ2v) is 5.33. The van der Waals surface area contributed by atoms with E-state index in [1.54, 1.807) is 20.3 Å². The van der Waals surface area contributed by atoms with Crippen LogP contribution in [0, 0.1) is 0 Å². The fourth-order valence-electron chi connectivity index (χ4n) is 1.18. The van der Waals surface area contributed by atoms with Gasteiger partial charge < -0.3 is 14.2 Å². The lowest BCUT2D eigenvalue weighted by Gasteiger charge is -2.11. The molecule has 0 saturated heterocycles. The van der Waals surface area contributed by atoms with Crippen LogP contribution < -0.4 is 0 Å². The molecule has 0 aromatic carbocycles. The van der Waals surface area contributed by atoms with Gasteiger partial charge in [0.15, 0.2) is 0 Å². The van der Waals surface area contributed by atoms with Gasteiger partial charge in [0.2, 0.25) is 0 Å². The SMILES string of the molecule is CCC=CC(=O)OCCC[SiH2]C(OC)OC. The summed E-state index contributed by atoms with van der Waals surface area (Å²) < 4.78 is 15.2. The van der Waals surface area contributed by atoms with E-state index in [0.717, 1.165) is 18.9 Å². The van der Waals surface area contributed by atoms with Crippen LogP contribution in [0.4, 0.5) is 0 Å². The largest absolute Gasteiger partial charge is 0.463 e. The van der Waals surface area contributed by atoms with Crippen molar-refractivity contribution >= 4 is 15.5 Å². The average molecular weight is 246 g/mol. The molecule has 0 saturated carbocycles. The summed E-state index contributed by atoms with van der Waals surface area (Å²) in [5, 5.41) is 0. The van der Waals surface area contributed by atoms with Crippen LogP contribution in [0.1, 0.15) is 19.8 Å². The van der Waals surface area contributed by atoms with E-state index in [9.17, 15) is 4.79 Å². The Kier molecular flexibility index (Phi) is 10.4. The Labute approximate surface area is 99.8 Å². The summed E-state index contributed by atoms with van der Waals surface area (Å²) in [5.74, 6) is -0.269. The van der Waals surface area contributed by atoms with Gasteiger partial charge in [0.05, 0.1) is 16.1 Å². The molecule has 0 unspecified atom stereocenters. The van der Waals surface area contributed by atoms with E-state index in [1.807, 2.05) is 6.92 Å². The quantitative estimate of drug-likeness (QED) is 0.200. The molecule has 0 aliphatic carbocycles. The molecule has 0 aromatic rings. The Balaban J connectivity index is 3.39. The lowest BCUT2D eigenvalue weighted by Crippen LogP contribution is -2.21. The molecule has 0 atom stereocenters. The van der Waals surface area contributed by atoms with Gasteiger partial charge in [-0.2, -0.15) is 0 Å². The predicted octanol–water partition coefficient (Wildman–Crippen LogP) is 1.05. The molecule has 0 aliphatic heterocycles. The minimum atomic E-state index is -0.389. The first-order valence-electron chi connectivity index (χ1n) is 5.63. The maximum atomic E-state index is 11.1. The minimum absolute atomic E-state index is 0.0179. The zero-order valence-electron chi connectivity index (χ0n) is 10.4. The Morgan fingerprint density at radius 2 is 2.06 bits per heavy atom. The lowest BCUT2D eigenvalue weighted by molar-refractivity contribution is -0.137. The number of carbonyl (C=O) groups is 1. The number of esters is 1. The van der Waals surface area contributed by atoms with Crippen molar-refractivity contribution in [1.82, 2.24) is 0 Å². The van der Waals surface area contributed by atoms with Gasteiger partial charge in [0.1, 0.15) is 5.91 Å².